The van der Waals surface area contributed by atoms with Gasteiger partial charge in [0.1, 0.15) is 24.6 Å². The average Bonchev–Trinajstić information content (AvgIpc) is 3.58. The van der Waals surface area contributed by atoms with Crippen LogP contribution in [0.2, 0.25) is 0 Å². The first kappa shape index (κ1) is 23.2. The largest absolute Gasteiger partial charge is 0.491 e. The van der Waals surface area contributed by atoms with Crippen LogP contribution in [0.1, 0.15) is 64.7 Å². The summed E-state index contributed by atoms with van der Waals surface area (Å²) in [5, 5.41) is 2.19. The third kappa shape index (κ3) is 5.90. The van der Waals surface area contributed by atoms with Crippen molar-refractivity contribution in [2.45, 2.75) is 83.5 Å². The van der Waals surface area contributed by atoms with Gasteiger partial charge in [0.15, 0.2) is 0 Å². The molecule has 2 aliphatic rings. The molecule has 0 spiro atoms. The number of epoxide rings is 1. The third-order valence-electron chi connectivity index (χ3n) is 6.31. The van der Waals surface area contributed by atoms with E-state index in [-0.39, 0.29) is 29.4 Å². The van der Waals surface area contributed by atoms with Crippen LogP contribution in [0.4, 0.5) is 0 Å². The monoisotopic (exact) mass is 439 g/mol. The van der Waals surface area contributed by atoms with Gasteiger partial charge in [-0.25, -0.2) is 0 Å². The maximum absolute atomic E-state index is 6.61. The first-order valence-corrected chi connectivity index (χ1v) is 11.7. The second kappa shape index (κ2) is 9.52. The van der Waals surface area contributed by atoms with Gasteiger partial charge < -0.3 is 14.2 Å². The van der Waals surface area contributed by atoms with Crippen molar-refractivity contribution in [1.82, 2.24) is 5.06 Å². The summed E-state index contributed by atoms with van der Waals surface area (Å²) in [4.78, 5) is 6.61. The summed E-state index contributed by atoms with van der Waals surface area (Å²) in [6, 6.07) is 18.6. The molecule has 2 unspecified atom stereocenters. The van der Waals surface area contributed by atoms with E-state index in [1.165, 1.54) is 5.56 Å². The van der Waals surface area contributed by atoms with Gasteiger partial charge in [-0.2, -0.15) is 5.06 Å². The normalized spacial score (nSPS) is 23.6. The summed E-state index contributed by atoms with van der Waals surface area (Å²) in [7, 11) is 0. The summed E-state index contributed by atoms with van der Waals surface area (Å²) >= 11 is 0. The highest BCUT2D eigenvalue weighted by molar-refractivity contribution is 5.30. The molecule has 174 valence electrons. The van der Waals surface area contributed by atoms with Crippen LogP contribution in [0.3, 0.4) is 0 Å². The van der Waals surface area contributed by atoms with Crippen molar-refractivity contribution >= 4 is 0 Å². The van der Waals surface area contributed by atoms with E-state index < -0.39 is 0 Å². The summed E-state index contributed by atoms with van der Waals surface area (Å²) in [6.45, 7) is 13.1. The Morgan fingerprint density at radius 2 is 1.69 bits per heavy atom. The molecule has 0 amide bonds. The molecule has 0 saturated carbocycles. The number of hydrogen-bond acceptors (Lipinski definition) is 5. The molecule has 4 rings (SSSR count). The molecule has 0 N–H and O–H groups in total. The highest BCUT2D eigenvalue weighted by atomic mass is 16.7. The molecule has 5 nitrogen and oxygen atoms in total. The number of hydroxylamine groups is 2. The molecule has 2 aromatic rings. The Labute approximate surface area is 192 Å². The minimum atomic E-state index is -0.158. The van der Waals surface area contributed by atoms with Gasteiger partial charge in [0.2, 0.25) is 0 Å². The SMILES string of the molecule is CC(ON1C(C)(C)CC(OCc2ccccc2)CC1(C)C)c1cccc(OCC2CO2)c1. The van der Waals surface area contributed by atoms with Crippen LogP contribution >= 0.6 is 0 Å². The maximum atomic E-state index is 6.61. The van der Waals surface area contributed by atoms with Crippen LogP contribution in [0.25, 0.3) is 0 Å². The lowest BCUT2D eigenvalue weighted by Crippen LogP contribution is -2.62. The number of rotatable bonds is 9. The first-order chi connectivity index (χ1) is 15.2. The van der Waals surface area contributed by atoms with E-state index in [2.05, 4.69) is 76.1 Å². The Morgan fingerprint density at radius 1 is 1.00 bits per heavy atom. The molecular weight excluding hydrogens is 402 g/mol. The molecule has 0 radical (unpaired) electrons. The lowest BCUT2D eigenvalue weighted by molar-refractivity contribution is -0.316. The quantitative estimate of drug-likeness (QED) is 0.469. The second-order valence-corrected chi connectivity index (χ2v) is 10.3. The summed E-state index contributed by atoms with van der Waals surface area (Å²) in [6.07, 6.45) is 2.19. The lowest BCUT2D eigenvalue weighted by Gasteiger charge is -2.54. The van der Waals surface area contributed by atoms with Gasteiger partial charge in [-0.3, -0.25) is 4.84 Å². The Balaban J connectivity index is 1.39. The lowest BCUT2D eigenvalue weighted by atomic mass is 9.80. The smallest absolute Gasteiger partial charge is 0.119 e. The standard InChI is InChI=1S/C27H37NO4/c1-20(22-12-9-13-23(14-22)30-18-25-19-31-25)32-28-26(2,3)15-24(16-27(28,4)5)29-17-21-10-7-6-8-11-21/h6-14,20,24-25H,15-19H2,1-5H3. The van der Waals surface area contributed by atoms with Gasteiger partial charge in [0.05, 0.1) is 19.3 Å². The Hall–Kier alpha value is -1.92. The summed E-state index contributed by atoms with van der Waals surface area (Å²) < 4.78 is 17.4. The van der Waals surface area contributed by atoms with E-state index in [0.29, 0.717) is 13.2 Å². The van der Waals surface area contributed by atoms with Crippen LogP contribution in [0.15, 0.2) is 54.6 Å². The molecule has 0 aliphatic carbocycles. The minimum absolute atomic E-state index is 0.0870. The Bertz CT molecular complexity index is 860. The third-order valence-corrected chi connectivity index (χ3v) is 6.31. The van der Waals surface area contributed by atoms with E-state index in [0.717, 1.165) is 30.8 Å². The van der Waals surface area contributed by atoms with Crippen LogP contribution < -0.4 is 4.74 Å². The van der Waals surface area contributed by atoms with Gasteiger partial charge in [-0.15, -0.1) is 0 Å². The van der Waals surface area contributed by atoms with Gasteiger partial charge in [-0.1, -0.05) is 42.5 Å². The minimum Gasteiger partial charge on any atom is -0.491 e. The van der Waals surface area contributed by atoms with Crippen LogP contribution in [-0.2, 0) is 20.9 Å². The van der Waals surface area contributed by atoms with E-state index in [9.17, 15) is 0 Å². The number of hydrogen-bond donors (Lipinski definition) is 0. The van der Waals surface area contributed by atoms with Gasteiger partial charge in [0, 0.05) is 11.1 Å². The number of piperidine rings is 1. The zero-order chi connectivity index (χ0) is 22.8. The van der Waals surface area contributed by atoms with Crippen molar-refractivity contribution in [2.24, 2.45) is 0 Å². The van der Waals surface area contributed by atoms with E-state index >= 15 is 0 Å². The number of ether oxygens (including phenoxy) is 3. The van der Waals surface area contributed by atoms with Crippen molar-refractivity contribution in [3.63, 3.8) is 0 Å². The molecule has 2 aromatic carbocycles. The van der Waals surface area contributed by atoms with Gasteiger partial charge in [-0.05, 0) is 70.7 Å². The molecule has 2 atom stereocenters. The molecular formula is C27H37NO4. The van der Waals surface area contributed by atoms with Crippen LogP contribution in [0.5, 0.6) is 5.75 Å². The van der Waals surface area contributed by atoms with Gasteiger partial charge in [0.25, 0.3) is 0 Å². The van der Waals surface area contributed by atoms with Crippen molar-refractivity contribution in [1.29, 1.82) is 0 Å². The molecule has 0 aromatic heterocycles. The Kier molecular flexibility index (Phi) is 6.91. The molecule has 2 fully saturated rings. The van der Waals surface area contributed by atoms with Crippen molar-refractivity contribution in [3.05, 3.63) is 65.7 Å². The second-order valence-electron chi connectivity index (χ2n) is 10.3. The fourth-order valence-corrected chi connectivity index (χ4v) is 4.79. The average molecular weight is 440 g/mol. The highest BCUT2D eigenvalue weighted by Crippen LogP contribution is 2.42. The van der Waals surface area contributed by atoms with E-state index in [4.69, 9.17) is 19.0 Å². The van der Waals surface area contributed by atoms with Crippen molar-refractivity contribution in [3.8, 4) is 5.75 Å². The fraction of sp³-hybridized carbons (Fsp3) is 0.556. The molecule has 2 heterocycles. The summed E-state index contributed by atoms with van der Waals surface area (Å²) in [5.41, 5.74) is 2.00. The summed E-state index contributed by atoms with van der Waals surface area (Å²) in [5.74, 6) is 0.861. The zero-order valence-electron chi connectivity index (χ0n) is 20.0. The molecule has 2 aliphatic heterocycles. The van der Waals surface area contributed by atoms with Crippen molar-refractivity contribution in [2.75, 3.05) is 13.2 Å². The molecule has 32 heavy (non-hydrogen) atoms. The predicted molar refractivity (Wildman–Crippen MR) is 125 cm³/mol. The molecule has 2 saturated heterocycles. The predicted octanol–water partition coefficient (Wildman–Crippen LogP) is 5.70. The first-order valence-electron chi connectivity index (χ1n) is 11.7. The van der Waals surface area contributed by atoms with Crippen molar-refractivity contribution < 1.29 is 19.0 Å². The van der Waals surface area contributed by atoms with Gasteiger partial charge >= 0.3 is 0 Å². The number of nitrogens with zero attached hydrogens (tertiary/aromatic N) is 1. The van der Waals surface area contributed by atoms with E-state index in [1.54, 1.807) is 0 Å². The fourth-order valence-electron chi connectivity index (χ4n) is 4.79. The number of benzene rings is 2. The van der Waals surface area contributed by atoms with Crippen LogP contribution in [-0.4, -0.2) is 41.6 Å². The molecule has 0 bridgehead atoms. The molecule has 5 heteroatoms. The highest BCUT2D eigenvalue weighted by Gasteiger charge is 2.47. The van der Waals surface area contributed by atoms with E-state index in [1.807, 2.05) is 18.2 Å². The zero-order valence-corrected chi connectivity index (χ0v) is 20.0. The Morgan fingerprint density at radius 3 is 2.34 bits per heavy atom. The topological polar surface area (TPSA) is 43.5 Å². The van der Waals surface area contributed by atoms with Crippen LogP contribution in [0, 0.1) is 0 Å². The maximum Gasteiger partial charge on any atom is 0.119 e.